The lowest BCUT2D eigenvalue weighted by Crippen LogP contribution is -2.42. The normalized spacial score (nSPS) is 17.6. The van der Waals surface area contributed by atoms with Gasteiger partial charge in [0.2, 0.25) is 5.91 Å². The second kappa shape index (κ2) is 9.37. The first-order valence-corrected chi connectivity index (χ1v) is 12.6. The molecule has 0 radical (unpaired) electrons. The zero-order valence-electron chi connectivity index (χ0n) is 18.1. The van der Waals surface area contributed by atoms with Crippen molar-refractivity contribution in [1.82, 2.24) is 19.9 Å². The van der Waals surface area contributed by atoms with Crippen LogP contribution >= 0.6 is 8.58 Å². The molecular formula is C24H28N5O2P. The van der Waals surface area contributed by atoms with Gasteiger partial charge in [-0.05, 0) is 64.2 Å². The molecule has 7 nitrogen and oxygen atoms in total. The van der Waals surface area contributed by atoms with Gasteiger partial charge >= 0.3 is 0 Å². The van der Waals surface area contributed by atoms with Gasteiger partial charge in [-0.1, -0.05) is 12.1 Å². The predicted octanol–water partition coefficient (Wildman–Crippen LogP) is 3.07. The van der Waals surface area contributed by atoms with E-state index in [1.165, 1.54) is 0 Å². The molecule has 2 aromatic heterocycles. The average Bonchev–Trinajstić information content (AvgIpc) is 3.38. The summed E-state index contributed by atoms with van der Waals surface area (Å²) in [6.07, 6.45) is 8.59. The first-order valence-electron chi connectivity index (χ1n) is 11.3. The van der Waals surface area contributed by atoms with Gasteiger partial charge in [-0.3, -0.25) is 4.79 Å². The summed E-state index contributed by atoms with van der Waals surface area (Å²) in [4.78, 5) is 31.1. The lowest BCUT2D eigenvalue weighted by molar-refractivity contribution is -0.135. The molecular weight excluding hydrogens is 421 g/mol. The molecule has 0 bridgehead atoms. The van der Waals surface area contributed by atoms with E-state index in [9.17, 15) is 9.90 Å². The molecule has 2 saturated heterocycles. The number of phenols is 1. The van der Waals surface area contributed by atoms with E-state index in [-0.39, 0.29) is 11.7 Å². The highest BCUT2D eigenvalue weighted by molar-refractivity contribution is 7.45. The Labute approximate surface area is 189 Å². The van der Waals surface area contributed by atoms with Gasteiger partial charge in [-0.25, -0.2) is 15.0 Å². The molecule has 4 heterocycles. The van der Waals surface area contributed by atoms with Gasteiger partial charge < -0.3 is 14.9 Å². The van der Waals surface area contributed by atoms with Crippen molar-refractivity contribution in [2.45, 2.75) is 31.8 Å². The van der Waals surface area contributed by atoms with Crippen molar-refractivity contribution in [2.75, 3.05) is 31.1 Å². The Morgan fingerprint density at radius 2 is 1.78 bits per heavy atom. The van der Waals surface area contributed by atoms with Gasteiger partial charge in [0.25, 0.3) is 0 Å². The lowest BCUT2D eigenvalue weighted by Gasteiger charge is -2.34. The third kappa shape index (κ3) is 4.53. The lowest BCUT2D eigenvalue weighted by atomic mass is 9.95. The molecule has 8 heteroatoms. The van der Waals surface area contributed by atoms with Crippen molar-refractivity contribution in [3.63, 3.8) is 0 Å². The summed E-state index contributed by atoms with van der Waals surface area (Å²) in [6, 6.07) is 9.23. The molecule has 2 aliphatic rings. The van der Waals surface area contributed by atoms with E-state index in [0.29, 0.717) is 14.5 Å². The third-order valence-corrected chi connectivity index (χ3v) is 7.58. The van der Waals surface area contributed by atoms with Crippen molar-refractivity contribution in [2.24, 2.45) is 5.92 Å². The maximum atomic E-state index is 12.7. The summed E-state index contributed by atoms with van der Waals surface area (Å²) < 4.78 is 0. The van der Waals surface area contributed by atoms with Crippen LogP contribution in [0.4, 0.5) is 5.82 Å². The number of piperidine rings is 1. The number of hydrogen-bond acceptors (Lipinski definition) is 6. The molecule has 0 spiro atoms. The number of carbonyl (C=O) groups is 1. The minimum atomic E-state index is 0.142. The summed E-state index contributed by atoms with van der Waals surface area (Å²) in [5.74, 6) is 1.69. The fourth-order valence-corrected chi connectivity index (χ4v) is 5.56. The van der Waals surface area contributed by atoms with Crippen LogP contribution in [0.1, 0.15) is 31.2 Å². The number of pyridine rings is 1. The molecule has 32 heavy (non-hydrogen) atoms. The molecule has 0 aliphatic carbocycles. The summed E-state index contributed by atoms with van der Waals surface area (Å²) in [5, 5.41) is 10.4. The van der Waals surface area contributed by atoms with Gasteiger partial charge in [-0.15, -0.1) is 0 Å². The van der Waals surface area contributed by atoms with Crippen LogP contribution in [0.25, 0.3) is 10.9 Å². The first kappa shape index (κ1) is 21.1. The Balaban J connectivity index is 1.25. The Bertz CT molecular complexity index is 1090. The predicted molar refractivity (Wildman–Crippen MR) is 128 cm³/mol. The van der Waals surface area contributed by atoms with Crippen molar-refractivity contribution in [3.05, 3.63) is 48.3 Å². The van der Waals surface area contributed by atoms with Crippen molar-refractivity contribution in [1.29, 1.82) is 0 Å². The second-order valence-electron chi connectivity index (χ2n) is 8.57. The van der Waals surface area contributed by atoms with E-state index >= 15 is 0 Å². The van der Waals surface area contributed by atoms with Crippen molar-refractivity contribution < 1.29 is 9.90 Å². The van der Waals surface area contributed by atoms with Crippen LogP contribution in [0.2, 0.25) is 0 Å². The Morgan fingerprint density at radius 1 is 1.03 bits per heavy atom. The van der Waals surface area contributed by atoms with E-state index in [4.69, 9.17) is 4.98 Å². The number of aromatic hydroxyl groups is 1. The monoisotopic (exact) mass is 449 g/mol. The summed E-state index contributed by atoms with van der Waals surface area (Å²) in [5.41, 5.74) is 2.90. The molecule has 1 amide bonds. The van der Waals surface area contributed by atoms with Gasteiger partial charge in [0.05, 0.1) is 10.9 Å². The molecule has 1 aromatic carbocycles. The molecule has 3 aromatic rings. The Morgan fingerprint density at radius 3 is 2.53 bits per heavy atom. The topological polar surface area (TPSA) is 82.5 Å². The Hall–Kier alpha value is -2.79. The number of rotatable bonds is 5. The van der Waals surface area contributed by atoms with E-state index in [0.717, 1.165) is 85.9 Å². The number of phenolic OH excluding ortho intramolecular Hbond substituents is 1. The number of nitrogens with zero attached hydrogens (tertiary/aromatic N) is 5. The SMILES string of the molecule is O=C(C1CCN(c2nccc3nc(PCc4ccc(O)cc4)ncc23)CC1)N1CCCC1. The molecule has 2 aliphatic heterocycles. The highest BCUT2D eigenvalue weighted by atomic mass is 31.1. The molecule has 5 rings (SSSR count). The van der Waals surface area contributed by atoms with Crippen molar-refractivity contribution in [3.8, 4) is 5.75 Å². The quantitative estimate of drug-likeness (QED) is 0.603. The van der Waals surface area contributed by atoms with Crippen LogP contribution < -0.4 is 10.5 Å². The van der Waals surface area contributed by atoms with E-state index < -0.39 is 0 Å². The number of amides is 1. The smallest absolute Gasteiger partial charge is 0.225 e. The molecule has 1 N–H and O–H groups in total. The number of carbonyl (C=O) groups excluding carboxylic acids is 1. The number of aromatic nitrogens is 3. The largest absolute Gasteiger partial charge is 0.508 e. The van der Waals surface area contributed by atoms with Crippen LogP contribution in [-0.2, 0) is 11.0 Å². The van der Waals surface area contributed by atoms with Crippen LogP contribution in [0.15, 0.2) is 42.7 Å². The molecule has 1 atom stereocenters. The summed E-state index contributed by atoms with van der Waals surface area (Å²) >= 11 is 0. The highest BCUT2D eigenvalue weighted by Crippen LogP contribution is 2.29. The number of likely N-dealkylation sites (tertiary alicyclic amines) is 1. The highest BCUT2D eigenvalue weighted by Gasteiger charge is 2.30. The first-order chi connectivity index (χ1) is 15.7. The number of anilines is 1. The molecule has 166 valence electrons. The van der Waals surface area contributed by atoms with Gasteiger partial charge in [0.15, 0.2) is 0 Å². The number of hydrogen-bond donors (Lipinski definition) is 1. The van der Waals surface area contributed by atoms with E-state index in [2.05, 4.69) is 14.9 Å². The van der Waals surface area contributed by atoms with Crippen molar-refractivity contribution >= 4 is 36.8 Å². The Kier molecular flexibility index (Phi) is 6.17. The van der Waals surface area contributed by atoms with Gasteiger partial charge in [0.1, 0.15) is 17.1 Å². The van der Waals surface area contributed by atoms with Gasteiger partial charge in [0, 0.05) is 44.5 Å². The number of fused-ring (bicyclic) bond motifs is 1. The molecule has 0 saturated carbocycles. The van der Waals surface area contributed by atoms with Crippen LogP contribution in [-0.4, -0.2) is 57.0 Å². The maximum Gasteiger partial charge on any atom is 0.225 e. The van der Waals surface area contributed by atoms with E-state index in [1.807, 2.05) is 35.5 Å². The maximum absolute atomic E-state index is 12.7. The zero-order valence-corrected chi connectivity index (χ0v) is 19.1. The van der Waals surface area contributed by atoms with Crippen LogP contribution in [0.5, 0.6) is 5.75 Å². The fourth-order valence-electron chi connectivity index (χ4n) is 4.61. The summed E-state index contributed by atoms with van der Waals surface area (Å²) in [7, 11) is 0.461. The van der Waals surface area contributed by atoms with Crippen LogP contribution in [0, 0.1) is 5.92 Å². The fraction of sp³-hybridized carbons (Fsp3) is 0.417. The number of benzene rings is 1. The van der Waals surface area contributed by atoms with E-state index in [1.54, 1.807) is 12.1 Å². The van der Waals surface area contributed by atoms with Gasteiger partial charge in [-0.2, -0.15) is 0 Å². The zero-order chi connectivity index (χ0) is 21.9. The minimum Gasteiger partial charge on any atom is -0.508 e. The standard InChI is InChI=1S/C24H28N5O2P/c30-19-5-3-17(4-6-19)16-32-24-26-15-20-21(27-24)7-10-25-22(20)28-13-8-18(9-14-28)23(31)29-11-1-2-12-29/h3-7,10,15,18,30,32H,1-2,8-9,11-14,16H2. The molecule has 1 unspecified atom stereocenters. The minimum absolute atomic E-state index is 0.142. The van der Waals surface area contributed by atoms with Crippen LogP contribution in [0.3, 0.4) is 0 Å². The third-order valence-electron chi connectivity index (χ3n) is 6.44. The second-order valence-corrected chi connectivity index (χ2v) is 9.73. The summed E-state index contributed by atoms with van der Waals surface area (Å²) in [6.45, 7) is 3.52. The molecule has 2 fully saturated rings. The average molecular weight is 449 g/mol.